The zero-order valence-corrected chi connectivity index (χ0v) is 14.0. The number of furan rings is 1. The van der Waals surface area contributed by atoms with Crippen LogP contribution in [0.3, 0.4) is 0 Å². The van der Waals surface area contributed by atoms with E-state index in [0.29, 0.717) is 6.54 Å². The molecule has 4 heteroatoms. The molecule has 3 aromatic rings. The van der Waals surface area contributed by atoms with Crippen LogP contribution in [0.1, 0.15) is 18.2 Å². The Balaban J connectivity index is 1.66. The summed E-state index contributed by atoms with van der Waals surface area (Å²) in [5.74, 6) is 1.81. The monoisotopic (exact) mass is 321 g/mol. The van der Waals surface area contributed by atoms with Crippen LogP contribution < -0.4 is 10.6 Å². The van der Waals surface area contributed by atoms with Crippen molar-refractivity contribution in [1.82, 2.24) is 10.6 Å². The molecule has 1 heterocycles. The highest BCUT2D eigenvalue weighted by Gasteiger charge is 2.02. The van der Waals surface area contributed by atoms with Gasteiger partial charge in [0.25, 0.3) is 0 Å². The van der Waals surface area contributed by atoms with Gasteiger partial charge in [0.1, 0.15) is 5.76 Å². The SMILES string of the molecule is CCNC(=NCc1cccc2ccccc12)NCCc1ccco1. The normalized spacial score (nSPS) is 11.6. The highest BCUT2D eigenvalue weighted by Crippen LogP contribution is 2.19. The standard InChI is InChI=1S/C20H23N3O/c1-2-21-20(22-13-12-18-10-6-14-24-18)23-15-17-9-5-8-16-7-3-4-11-19(16)17/h3-11,14H,2,12-13,15H2,1H3,(H2,21,22,23). The van der Waals surface area contributed by atoms with Crippen molar-refractivity contribution in [2.75, 3.05) is 13.1 Å². The first-order valence-corrected chi connectivity index (χ1v) is 8.38. The first-order chi connectivity index (χ1) is 11.9. The summed E-state index contributed by atoms with van der Waals surface area (Å²) in [7, 11) is 0. The fourth-order valence-corrected chi connectivity index (χ4v) is 2.70. The fraction of sp³-hybridized carbons (Fsp3) is 0.250. The van der Waals surface area contributed by atoms with E-state index < -0.39 is 0 Å². The lowest BCUT2D eigenvalue weighted by molar-refractivity contribution is 0.507. The molecule has 0 unspecified atom stereocenters. The summed E-state index contributed by atoms with van der Waals surface area (Å²) in [6, 6.07) is 18.7. The molecule has 24 heavy (non-hydrogen) atoms. The Hall–Kier alpha value is -2.75. The Morgan fingerprint density at radius 2 is 1.88 bits per heavy atom. The quantitative estimate of drug-likeness (QED) is 0.537. The van der Waals surface area contributed by atoms with Gasteiger partial charge in [-0.05, 0) is 35.4 Å². The number of fused-ring (bicyclic) bond motifs is 1. The van der Waals surface area contributed by atoms with Gasteiger partial charge in [-0.15, -0.1) is 0 Å². The van der Waals surface area contributed by atoms with E-state index in [1.165, 1.54) is 16.3 Å². The van der Waals surface area contributed by atoms with Gasteiger partial charge >= 0.3 is 0 Å². The highest BCUT2D eigenvalue weighted by molar-refractivity contribution is 5.86. The van der Waals surface area contributed by atoms with Crippen molar-refractivity contribution >= 4 is 16.7 Å². The lowest BCUT2D eigenvalue weighted by atomic mass is 10.1. The number of nitrogens with zero attached hydrogens (tertiary/aromatic N) is 1. The van der Waals surface area contributed by atoms with E-state index in [2.05, 4.69) is 60.0 Å². The first kappa shape index (κ1) is 16.1. The van der Waals surface area contributed by atoms with Gasteiger partial charge in [0.15, 0.2) is 5.96 Å². The molecule has 0 radical (unpaired) electrons. The first-order valence-electron chi connectivity index (χ1n) is 8.38. The Labute approximate surface area is 142 Å². The maximum absolute atomic E-state index is 5.35. The topological polar surface area (TPSA) is 49.6 Å². The molecule has 0 aliphatic rings. The van der Waals surface area contributed by atoms with Crippen LogP contribution in [0.15, 0.2) is 70.3 Å². The molecule has 0 atom stereocenters. The summed E-state index contributed by atoms with van der Waals surface area (Å²) < 4.78 is 5.35. The summed E-state index contributed by atoms with van der Waals surface area (Å²) in [6.07, 6.45) is 2.54. The van der Waals surface area contributed by atoms with E-state index in [4.69, 9.17) is 9.41 Å². The zero-order chi connectivity index (χ0) is 16.6. The second kappa shape index (κ2) is 8.20. The molecule has 0 spiro atoms. The minimum Gasteiger partial charge on any atom is -0.469 e. The number of aliphatic imine (C=N–C) groups is 1. The van der Waals surface area contributed by atoms with Gasteiger partial charge in [0.05, 0.1) is 12.8 Å². The van der Waals surface area contributed by atoms with Crippen molar-refractivity contribution in [1.29, 1.82) is 0 Å². The molecule has 1 aromatic heterocycles. The van der Waals surface area contributed by atoms with Gasteiger partial charge in [-0.3, -0.25) is 0 Å². The van der Waals surface area contributed by atoms with Gasteiger partial charge in [-0.1, -0.05) is 42.5 Å². The molecular formula is C20H23N3O. The molecule has 0 bridgehead atoms. The Bertz CT molecular complexity index is 788. The summed E-state index contributed by atoms with van der Waals surface area (Å²) >= 11 is 0. The van der Waals surface area contributed by atoms with E-state index >= 15 is 0 Å². The lowest BCUT2D eigenvalue weighted by Gasteiger charge is -2.11. The van der Waals surface area contributed by atoms with Crippen LogP contribution in [0.2, 0.25) is 0 Å². The molecule has 2 N–H and O–H groups in total. The highest BCUT2D eigenvalue weighted by atomic mass is 16.3. The Morgan fingerprint density at radius 3 is 2.71 bits per heavy atom. The van der Waals surface area contributed by atoms with Crippen LogP contribution in [-0.4, -0.2) is 19.0 Å². The van der Waals surface area contributed by atoms with Gasteiger partial charge in [-0.25, -0.2) is 4.99 Å². The third-order valence-electron chi connectivity index (χ3n) is 3.88. The zero-order valence-electron chi connectivity index (χ0n) is 14.0. The predicted octanol–water partition coefficient (Wildman–Crippen LogP) is 3.73. The smallest absolute Gasteiger partial charge is 0.191 e. The molecular weight excluding hydrogens is 298 g/mol. The van der Waals surface area contributed by atoms with Crippen molar-refractivity contribution in [2.24, 2.45) is 4.99 Å². The average Bonchev–Trinajstić information content (AvgIpc) is 3.13. The van der Waals surface area contributed by atoms with Crippen molar-refractivity contribution in [2.45, 2.75) is 19.9 Å². The summed E-state index contributed by atoms with van der Waals surface area (Å²) in [5.41, 5.74) is 1.23. The van der Waals surface area contributed by atoms with Crippen molar-refractivity contribution in [3.8, 4) is 0 Å². The fourth-order valence-electron chi connectivity index (χ4n) is 2.70. The summed E-state index contributed by atoms with van der Waals surface area (Å²) in [6.45, 7) is 4.34. The van der Waals surface area contributed by atoms with Crippen LogP contribution in [0.25, 0.3) is 10.8 Å². The Morgan fingerprint density at radius 1 is 1.00 bits per heavy atom. The van der Waals surface area contributed by atoms with Gasteiger partial charge < -0.3 is 15.1 Å². The molecule has 0 saturated carbocycles. The lowest BCUT2D eigenvalue weighted by Crippen LogP contribution is -2.38. The summed E-state index contributed by atoms with van der Waals surface area (Å²) in [5, 5.41) is 9.16. The maximum atomic E-state index is 5.35. The van der Waals surface area contributed by atoms with E-state index in [-0.39, 0.29) is 0 Å². The molecule has 4 nitrogen and oxygen atoms in total. The minimum absolute atomic E-state index is 0.650. The van der Waals surface area contributed by atoms with Gasteiger partial charge in [-0.2, -0.15) is 0 Å². The minimum atomic E-state index is 0.650. The summed E-state index contributed by atoms with van der Waals surface area (Å²) in [4.78, 5) is 4.72. The number of rotatable bonds is 6. The maximum Gasteiger partial charge on any atom is 0.191 e. The molecule has 0 fully saturated rings. The van der Waals surface area contributed by atoms with Crippen LogP contribution in [0, 0.1) is 0 Å². The molecule has 2 aromatic carbocycles. The molecule has 124 valence electrons. The molecule has 0 aliphatic carbocycles. The van der Waals surface area contributed by atoms with E-state index in [1.54, 1.807) is 6.26 Å². The number of hydrogen-bond donors (Lipinski definition) is 2. The van der Waals surface area contributed by atoms with Gasteiger partial charge in [0, 0.05) is 19.5 Å². The van der Waals surface area contributed by atoms with Crippen LogP contribution in [0.5, 0.6) is 0 Å². The largest absolute Gasteiger partial charge is 0.469 e. The number of hydrogen-bond acceptors (Lipinski definition) is 2. The van der Waals surface area contributed by atoms with Crippen LogP contribution in [0.4, 0.5) is 0 Å². The molecule has 0 aliphatic heterocycles. The van der Waals surface area contributed by atoms with Crippen molar-refractivity contribution < 1.29 is 4.42 Å². The van der Waals surface area contributed by atoms with Crippen molar-refractivity contribution in [3.63, 3.8) is 0 Å². The van der Waals surface area contributed by atoms with Crippen molar-refractivity contribution in [3.05, 3.63) is 72.2 Å². The second-order valence-electron chi connectivity index (χ2n) is 5.59. The molecule has 3 rings (SSSR count). The van der Waals surface area contributed by atoms with E-state index in [0.717, 1.165) is 31.2 Å². The predicted molar refractivity (Wildman–Crippen MR) is 99.2 cm³/mol. The average molecular weight is 321 g/mol. The molecule has 0 amide bonds. The van der Waals surface area contributed by atoms with Gasteiger partial charge in [0.2, 0.25) is 0 Å². The third-order valence-corrected chi connectivity index (χ3v) is 3.88. The van der Waals surface area contributed by atoms with Crippen LogP contribution in [-0.2, 0) is 13.0 Å². The molecule has 0 saturated heterocycles. The number of benzene rings is 2. The Kier molecular flexibility index (Phi) is 5.51. The second-order valence-corrected chi connectivity index (χ2v) is 5.59. The third kappa shape index (κ3) is 4.16. The van der Waals surface area contributed by atoms with E-state index in [1.807, 2.05) is 12.1 Å². The van der Waals surface area contributed by atoms with E-state index in [9.17, 15) is 0 Å². The number of guanidine groups is 1. The van der Waals surface area contributed by atoms with Crippen LogP contribution >= 0.6 is 0 Å². The number of nitrogens with one attached hydrogen (secondary N) is 2.